The second-order valence-corrected chi connectivity index (χ2v) is 12.4. The molecule has 0 spiro atoms. The van der Waals surface area contributed by atoms with Crippen molar-refractivity contribution in [3.63, 3.8) is 0 Å². The molecule has 4 heteroatoms. The number of hydrogen-bond donors (Lipinski definition) is 1. The van der Waals surface area contributed by atoms with E-state index in [-0.39, 0.29) is 17.5 Å². The van der Waals surface area contributed by atoms with Crippen molar-refractivity contribution in [1.29, 1.82) is 0 Å². The van der Waals surface area contributed by atoms with Crippen LogP contribution in [0.1, 0.15) is 46.5 Å². The van der Waals surface area contributed by atoms with Gasteiger partial charge in [-0.2, -0.15) is 0 Å². The van der Waals surface area contributed by atoms with E-state index in [0.29, 0.717) is 19.4 Å². The van der Waals surface area contributed by atoms with Crippen LogP contribution in [0.2, 0.25) is 5.04 Å². The summed E-state index contributed by atoms with van der Waals surface area (Å²) in [5.74, 6) is -0.139. The molecule has 0 aliphatic heterocycles. The predicted octanol–water partition coefficient (Wildman–Crippen LogP) is 4.97. The maximum Gasteiger partial charge on any atom is 0.261 e. The van der Waals surface area contributed by atoms with Crippen LogP contribution in [0.4, 0.5) is 4.39 Å². The fourth-order valence-corrected chi connectivity index (χ4v) is 8.31. The van der Waals surface area contributed by atoms with Gasteiger partial charge in [0, 0.05) is 13.2 Å². The molecule has 0 fully saturated rings. The van der Waals surface area contributed by atoms with E-state index in [4.69, 9.17) is 9.53 Å². The molecule has 0 saturated heterocycles. The first-order chi connectivity index (χ1) is 13.4. The zero-order valence-electron chi connectivity index (χ0n) is 17.3. The topological polar surface area (TPSA) is 29.5 Å². The standard InChI is InChI=1S/C24H33FO2Si/c1-24(2,3)28(22-15-6-4-7-16-22,23-17-8-5-9-18-23)27-20-11-10-13-21(25)14-12-19-26/h4-9,14-18,26H,10-13,19-20H2,1-3H3. The van der Waals surface area contributed by atoms with E-state index in [1.807, 2.05) is 12.1 Å². The molecule has 1 N–H and O–H groups in total. The summed E-state index contributed by atoms with van der Waals surface area (Å²) < 4.78 is 20.5. The third-order valence-corrected chi connectivity index (χ3v) is 10.1. The van der Waals surface area contributed by atoms with Crippen LogP contribution in [0.15, 0.2) is 72.6 Å². The van der Waals surface area contributed by atoms with E-state index in [1.165, 1.54) is 16.4 Å². The molecule has 2 rings (SSSR count). The third-order valence-electron chi connectivity index (χ3n) is 5.04. The smallest absolute Gasteiger partial charge is 0.261 e. The molecule has 0 aliphatic rings. The Bertz CT molecular complexity index is 684. The Kier molecular flexibility index (Phi) is 8.61. The van der Waals surface area contributed by atoms with Gasteiger partial charge in [0.25, 0.3) is 8.32 Å². The molecule has 0 aromatic heterocycles. The predicted molar refractivity (Wildman–Crippen MR) is 118 cm³/mol. The molecule has 152 valence electrons. The van der Waals surface area contributed by atoms with Gasteiger partial charge in [0.1, 0.15) is 0 Å². The molecule has 2 aromatic carbocycles. The van der Waals surface area contributed by atoms with Crippen LogP contribution in [-0.4, -0.2) is 26.6 Å². The molecule has 28 heavy (non-hydrogen) atoms. The lowest BCUT2D eigenvalue weighted by Gasteiger charge is -2.43. The fraction of sp³-hybridized carbons (Fsp3) is 0.417. The largest absolute Gasteiger partial charge is 0.407 e. The average Bonchev–Trinajstić information content (AvgIpc) is 2.69. The fourth-order valence-electron chi connectivity index (χ4n) is 3.71. The van der Waals surface area contributed by atoms with E-state index in [0.717, 1.165) is 12.8 Å². The van der Waals surface area contributed by atoms with Crippen molar-refractivity contribution in [2.75, 3.05) is 13.2 Å². The molecular weight excluding hydrogens is 367 g/mol. The second-order valence-electron chi connectivity index (χ2n) is 8.13. The minimum absolute atomic E-state index is 0.00954. The van der Waals surface area contributed by atoms with Crippen LogP contribution in [0.5, 0.6) is 0 Å². The van der Waals surface area contributed by atoms with E-state index < -0.39 is 8.32 Å². The van der Waals surface area contributed by atoms with Gasteiger partial charge in [0.2, 0.25) is 0 Å². The van der Waals surface area contributed by atoms with Crippen LogP contribution < -0.4 is 10.4 Å². The summed E-state index contributed by atoms with van der Waals surface area (Å²) in [6.07, 6.45) is 3.81. The monoisotopic (exact) mass is 400 g/mol. The summed E-state index contributed by atoms with van der Waals surface area (Å²) in [5, 5.41) is 11.3. The van der Waals surface area contributed by atoms with Gasteiger partial charge in [0.15, 0.2) is 0 Å². The number of hydrogen-bond acceptors (Lipinski definition) is 2. The number of benzene rings is 2. The first-order valence-electron chi connectivity index (χ1n) is 10.1. The molecule has 0 aliphatic carbocycles. The van der Waals surface area contributed by atoms with Crippen LogP contribution in [-0.2, 0) is 4.43 Å². The summed E-state index contributed by atoms with van der Waals surface area (Å²) in [6.45, 7) is 7.38. The van der Waals surface area contributed by atoms with Gasteiger partial charge in [0.05, 0.1) is 5.83 Å². The molecule has 0 amide bonds. The number of rotatable bonds is 10. The molecule has 0 saturated carbocycles. The highest BCUT2D eigenvalue weighted by Crippen LogP contribution is 2.36. The Morgan fingerprint density at radius 1 is 0.964 bits per heavy atom. The van der Waals surface area contributed by atoms with Gasteiger partial charge >= 0.3 is 0 Å². The summed E-state index contributed by atoms with van der Waals surface area (Å²) in [6, 6.07) is 21.1. The lowest BCUT2D eigenvalue weighted by molar-refractivity contribution is 0.286. The van der Waals surface area contributed by atoms with Crippen molar-refractivity contribution >= 4 is 18.7 Å². The number of unbranched alkanes of at least 4 members (excludes halogenated alkanes) is 1. The van der Waals surface area contributed by atoms with Gasteiger partial charge in [-0.3, -0.25) is 0 Å². The van der Waals surface area contributed by atoms with Crippen LogP contribution in [0.3, 0.4) is 0 Å². The van der Waals surface area contributed by atoms with Gasteiger partial charge in [-0.15, -0.1) is 0 Å². The highest BCUT2D eigenvalue weighted by Gasteiger charge is 2.49. The van der Waals surface area contributed by atoms with Crippen molar-refractivity contribution in [3.8, 4) is 0 Å². The van der Waals surface area contributed by atoms with Crippen molar-refractivity contribution < 1.29 is 13.9 Å². The van der Waals surface area contributed by atoms with E-state index >= 15 is 0 Å². The molecule has 0 bridgehead atoms. The number of allylic oxidation sites excluding steroid dienone is 1. The summed E-state index contributed by atoms with van der Waals surface area (Å²) in [7, 11) is -2.49. The highest BCUT2D eigenvalue weighted by atomic mass is 28.4. The normalized spacial score (nSPS) is 13.0. The number of halogens is 1. The van der Waals surface area contributed by atoms with Gasteiger partial charge in [-0.05, 0) is 41.1 Å². The zero-order valence-corrected chi connectivity index (χ0v) is 18.3. The second kappa shape index (κ2) is 10.7. The Morgan fingerprint density at radius 2 is 1.50 bits per heavy atom. The molecule has 2 aromatic rings. The minimum atomic E-state index is -2.49. The molecular formula is C24H33FO2Si. The number of aliphatic hydroxyl groups is 1. The van der Waals surface area contributed by atoms with Crippen molar-refractivity contribution in [3.05, 3.63) is 72.6 Å². The van der Waals surface area contributed by atoms with Gasteiger partial charge in [-0.1, -0.05) is 87.5 Å². The molecule has 0 heterocycles. The van der Waals surface area contributed by atoms with Crippen LogP contribution >= 0.6 is 0 Å². The van der Waals surface area contributed by atoms with Crippen molar-refractivity contribution in [2.24, 2.45) is 0 Å². The SMILES string of the molecule is CC(C)(C)[Si](OCCCCC(F)=CCCO)(c1ccccc1)c1ccccc1. The summed E-state index contributed by atoms with van der Waals surface area (Å²) >= 11 is 0. The molecule has 2 nitrogen and oxygen atoms in total. The maximum atomic E-state index is 13.7. The van der Waals surface area contributed by atoms with Crippen LogP contribution in [0, 0.1) is 0 Å². The van der Waals surface area contributed by atoms with Gasteiger partial charge in [-0.25, -0.2) is 4.39 Å². The third kappa shape index (κ3) is 5.63. The quantitative estimate of drug-likeness (QED) is 0.451. The summed E-state index contributed by atoms with van der Waals surface area (Å²) in [4.78, 5) is 0. The average molecular weight is 401 g/mol. The van der Waals surface area contributed by atoms with Crippen molar-refractivity contribution in [1.82, 2.24) is 0 Å². The Morgan fingerprint density at radius 3 is 1.96 bits per heavy atom. The zero-order chi connectivity index (χ0) is 20.5. The summed E-state index contributed by atoms with van der Waals surface area (Å²) in [5.41, 5.74) is 0. The van der Waals surface area contributed by atoms with Crippen LogP contribution in [0.25, 0.3) is 0 Å². The maximum absolute atomic E-state index is 13.7. The van der Waals surface area contributed by atoms with Gasteiger partial charge < -0.3 is 9.53 Å². The minimum Gasteiger partial charge on any atom is -0.407 e. The molecule has 0 radical (unpaired) electrons. The Balaban J connectivity index is 2.20. The first-order valence-corrected chi connectivity index (χ1v) is 12.0. The highest BCUT2D eigenvalue weighted by molar-refractivity contribution is 6.99. The van der Waals surface area contributed by atoms with Crippen molar-refractivity contribution in [2.45, 2.75) is 51.5 Å². The Hall–Kier alpha value is -1.75. The first kappa shape index (κ1) is 22.5. The van der Waals surface area contributed by atoms with E-state index in [9.17, 15) is 4.39 Å². The van der Waals surface area contributed by atoms with E-state index in [2.05, 4.69) is 69.3 Å². The molecule has 0 atom stereocenters. The number of aliphatic hydroxyl groups excluding tert-OH is 1. The van der Waals surface area contributed by atoms with E-state index in [1.54, 1.807) is 0 Å². The lowest BCUT2D eigenvalue weighted by atomic mass is 10.2. The molecule has 0 unspecified atom stereocenters. The Labute approximate surface area is 170 Å². The lowest BCUT2D eigenvalue weighted by Crippen LogP contribution is -2.66.